The lowest BCUT2D eigenvalue weighted by molar-refractivity contribution is 0.306. The van der Waals surface area contributed by atoms with Crippen LogP contribution in [0.4, 0.5) is 0 Å². The summed E-state index contributed by atoms with van der Waals surface area (Å²) in [6.07, 6.45) is 3.79. The van der Waals surface area contributed by atoms with Gasteiger partial charge in [-0.15, -0.1) is 0 Å². The Bertz CT molecular complexity index is 561. The zero-order chi connectivity index (χ0) is 14.5. The van der Waals surface area contributed by atoms with Crippen molar-refractivity contribution in [3.05, 3.63) is 64.7 Å². The van der Waals surface area contributed by atoms with Crippen LogP contribution in [-0.2, 0) is 13.0 Å². The van der Waals surface area contributed by atoms with Crippen molar-refractivity contribution >= 4 is 11.6 Å². The van der Waals surface area contributed by atoms with E-state index in [0.717, 1.165) is 29.8 Å². The fraction of sp³-hybridized carbons (Fsp3) is 0.333. The summed E-state index contributed by atoms with van der Waals surface area (Å²) in [6, 6.07) is 16.9. The molecule has 0 heterocycles. The maximum Gasteiger partial charge on any atom is 0.119 e. The molecule has 0 atom stereocenters. The van der Waals surface area contributed by atoms with Crippen LogP contribution in [0, 0.1) is 0 Å². The van der Waals surface area contributed by atoms with Gasteiger partial charge in [-0.3, -0.25) is 0 Å². The van der Waals surface area contributed by atoms with Crippen molar-refractivity contribution in [1.29, 1.82) is 0 Å². The van der Waals surface area contributed by atoms with Crippen molar-refractivity contribution in [2.75, 3.05) is 6.54 Å². The van der Waals surface area contributed by atoms with Crippen LogP contribution in [0.25, 0.3) is 0 Å². The van der Waals surface area contributed by atoms with E-state index in [1.165, 1.54) is 24.0 Å². The predicted octanol–water partition coefficient (Wildman–Crippen LogP) is 4.21. The highest BCUT2D eigenvalue weighted by Gasteiger charge is 2.19. The van der Waals surface area contributed by atoms with Crippen molar-refractivity contribution in [3.8, 4) is 5.75 Å². The minimum atomic E-state index is 0.586. The monoisotopic (exact) mass is 301 g/mol. The fourth-order valence-electron chi connectivity index (χ4n) is 2.21. The SMILES string of the molecule is Clc1ccc(OCc2ccc(CCNC3CC3)cc2)cc1. The summed E-state index contributed by atoms with van der Waals surface area (Å²) < 4.78 is 5.74. The molecule has 3 heteroatoms. The van der Waals surface area contributed by atoms with Gasteiger partial charge in [-0.25, -0.2) is 0 Å². The normalized spacial score (nSPS) is 14.1. The van der Waals surface area contributed by atoms with Crippen LogP contribution in [0.5, 0.6) is 5.75 Å². The third-order valence-electron chi connectivity index (χ3n) is 3.67. The Kier molecular flexibility index (Phi) is 4.79. The third kappa shape index (κ3) is 4.76. The number of rotatable bonds is 7. The maximum atomic E-state index is 5.85. The summed E-state index contributed by atoms with van der Waals surface area (Å²) in [4.78, 5) is 0. The molecule has 0 aliphatic heterocycles. The number of nitrogens with one attached hydrogen (secondary N) is 1. The average molecular weight is 302 g/mol. The quantitative estimate of drug-likeness (QED) is 0.827. The van der Waals surface area contributed by atoms with Crippen LogP contribution in [0.1, 0.15) is 24.0 Å². The van der Waals surface area contributed by atoms with Crippen molar-refractivity contribution < 1.29 is 4.74 Å². The second-order valence-corrected chi connectivity index (χ2v) is 5.97. The summed E-state index contributed by atoms with van der Waals surface area (Å²) in [7, 11) is 0. The second-order valence-electron chi connectivity index (χ2n) is 5.54. The van der Waals surface area contributed by atoms with Gasteiger partial charge in [-0.05, 0) is 61.2 Å². The molecule has 1 aliphatic rings. The second kappa shape index (κ2) is 6.97. The van der Waals surface area contributed by atoms with E-state index in [9.17, 15) is 0 Å². The molecule has 21 heavy (non-hydrogen) atoms. The molecule has 2 nitrogen and oxygen atoms in total. The highest BCUT2D eigenvalue weighted by atomic mass is 35.5. The molecule has 110 valence electrons. The van der Waals surface area contributed by atoms with Crippen molar-refractivity contribution in [3.63, 3.8) is 0 Å². The van der Waals surface area contributed by atoms with Gasteiger partial charge in [0.2, 0.25) is 0 Å². The van der Waals surface area contributed by atoms with Crippen LogP contribution >= 0.6 is 11.6 Å². The van der Waals surface area contributed by atoms with Crippen LogP contribution < -0.4 is 10.1 Å². The lowest BCUT2D eigenvalue weighted by Crippen LogP contribution is -2.19. The molecule has 1 fully saturated rings. The molecule has 0 bridgehead atoms. The van der Waals surface area contributed by atoms with E-state index < -0.39 is 0 Å². The van der Waals surface area contributed by atoms with E-state index in [1.807, 2.05) is 24.3 Å². The summed E-state index contributed by atoms with van der Waals surface area (Å²) in [5, 5.41) is 4.26. The number of hydrogen-bond donors (Lipinski definition) is 1. The molecule has 2 aromatic carbocycles. The first-order valence-corrected chi connectivity index (χ1v) is 7.87. The molecule has 1 saturated carbocycles. The van der Waals surface area contributed by atoms with Crippen LogP contribution in [-0.4, -0.2) is 12.6 Å². The predicted molar refractivity (Wildman–Crippen MR) is 87.0 cm³/mol. The minimum Gasteiger partial charge on any atom is -0.489 e. The Morgan fingerprint density at radius 3 is 2.29 bits per heavy atom. The molecule has 0 aromatic heterocycles. The van der Waals surface area contributed by atoms with Gasteiger partial charge in [0.25, 0.3) is 0 Å². The Morgan fingerprint density at radius 2 is 1.62 bits per heavy atom. The molecule has 3 rings (SSSR count). The van der Waals surface area contributed by atoms with Crippen molar-refractivity contribution in [2.45, 2.75) is 31.9 Å². The van der Waals surface area contributed by atoms with Gasteiger partial charge in [0.05, 0.1) is 0 Å². The van der Waals surface area contributed by atoms with Gasteiger partial charge in [0.1, 0.15) is 12.4 Å². The van der Waals surface area contributed by atoms with Crippen LogP contribution in [0.3, 0.4) is 0 Å². The summed E-state index contributed by atoms with van der Waals surface area (Å²) in [5.41, 5.74) is 2.56. The maximum absolute atomic E-state index is 5.85. The van der Waals surface area contributed by atoms with Gasteiger partial charge in [0.15, 0.2) is 0 Å². The first-order chi connectivity index (χ1) is 10.3. The Labute approximate surface area is 131 Å². The topological polar surface area (TPSA) is 21.3 Å². The molecule has 2 aromatic rings. The molecule has 0 amide bonds. The lowest BCUT2D eigenvalue weighted by atomic mass is 10.1. The van der Waals surface area contributed by atoms with Gasteiger partial charge in [-0.2, -0.15) is 0 Å². The van der Waals surface area contributed by atoms with E-state index in [2.05, 4.69) is 29.6 Å². The molecule has 0 unspecified atom stereocenters. The van der Waals surface area contributed by atoms with Gasteiger partial charge < -0.3 is 10.1 Å². The Balaban J connectivity index is 1.45. The third-order valence-corrected chi connectivity index (χ3v) is 3.92. The fourth-order valence-corrected chi connectivity index (χ4v) is 2.33. The summed E-state index contributed by atoms with van der Waals surface area (Å²) in [6.45, 7) is 1.66. The van der Waals surface area contributed by atoms with Gasteiger partial charge in [-0.1, -0.05) is 35.9 Å². The van der Waals surface area contributed by atoms with E-state index in [-0.39, 0.29) is 0 Å². The Hall–Kier alpha value is -1.51. The van der Waals surface area contributed by atoms with Crippen molar-refractivity contribution in [2.24, 2.45) is 0 Å². The van der Waals surface area contributed by atoms with E-state index in [0.29, 0.717) is 6.61 Å². The summed E-state index contributed by atoms with van der Waals surface area (Å²) >= 11 is 5.85. The highest BCUT2D eigenvalue weighted by molar-refractivity contribution is 6.30. The first-order valence-electron chi connectivity index (χ1n) is 7.49. The van der Waals surface area contributed by atoms with E-state index in [4.69, 9.17) is 16.3 Å². The molecule has 1 aliphatic carbocycles. The van der Waals surface area contributed by atoms with Gasteiger partial charge >= 0.3 is 0 Å². The largest absolute Gasteiger partial charge is 0.489 e. The molecule has 0 saturated heterocycles. The Morgan fingerprint density at radius 1 is 0.952 bits per heavy atom. The molecular formula is C18H20ClNO. The first kappa shape index (κ1) is 14.4. The number of halogens is 1. The zero-order valence-corrected chi connectivity index (χ0v) is 12.8. The van der Waals surface area contributed by atoms with Crippen LogP contribution in [0.15, 0.2) is 48.5 Å². The number of hydrogen-bond acceptors (Lipinski definition) is 2. The zero-order valence-electron chi connectivity index (χ0n) is 12.0. The van der Waals surface area contributed by atoms with Gasteiger partial charge in [0, 0.05) is 11.1 Å². The highest BCUT2D eigenvalue weighted by Crippen LogP contribution is 2.19. The smallest absolute Gasteiger partial charge is 0.119 e. The van der Waals surface area contributed by atoms with E-state index >= 15 is 0 Å². The average Bonchev–Trinajstić information content (AvgIpc) is 3.32. The molecule has 0 spiro atoms. The number of benzene rings is 2. The van der Waals surface area contributed by atoms with E-state index in [1.54, 1.807) is 0 Å². The lowest BCUT2D eigenvalue weighted by Gasteiger charge is -2.08. The molecule has 1 N–H and O–H groups in total. The minimum absolute atomic E-state index is 0.586. The number of ether oxygens (including phenoxy) is 1. The standard InChI is InChI=1S/C18H20ClNO/c19-16-5-9-18(10-6-16)21-13-15-3-1-14(2-4-15)11-12-20-17-7-8-17/h1-6,9-10,17,20H,7-8,11-13H2. The van der Waals surface area contributed by atoms with Crippen molar-refractivity contribution in [1.82, 2.24) is 5.32 Å². The molecule has 0 radical (unpaired) electrons. The summed E-state index contributed by atoms with van der Waals surface area (Å²) in [5.74, 6) is 0.845. The molecular weight excluding hydrogens is 282 g/mol. The van der Waals surface area contributed by atoms with Crippen LogP contribution in [0.2, 0.25) is 5.02 Å².